The molecule has 2 rings (SSSR count). The topological polar surface area (TPSA) is 84.7 Å². The summed E-state index contributed by atoms with van der Waals surface area (Å²) in [6.07, 6.45) is 0. The van der Waals surface area contributed by atoms with Crippen LogP contribution < -0.4 is 0 Å². The molecule has 0 atom stereocenters. The fourth-order valence-electron chi connectivity index (χ4n) is 1.19. The Balaban J connectivity index is 2.85. The molecule has 0 aromatic carbocycles. The van der Waals surface area contributed by atoms with Crippen LogP contribution in [0.25, 0.3) is 11.0 Å². The van der Waals surface area contributed by atoms with Gasteiger partial charge in [0.15, 0.2) is 11.0 Å². The van der Waals surface area contributed by atoms with Crippen LogP contribution in [0.1, 0.15) is 5.69 Å². The first-order valence-corrected chi connectivity index (χ1v) is 4.13. The summed E-state index contributed by atoms with van der Waals surface area (Å²) in [7, 11) is 0. The van der Waals surface area contributed by atoms with E-state index in [0.29, 0.717) is 16.2 Å². The van der Waals surface area contributed by atoms with Gasteiger partial charge in [-0.15, -0.1) is 5.10 Å². The van der Waals surface area contributed by atoms with Gasteiger partial charge < -0.3 is 10.1 Å². The van der Waals surface area contributed by atoms with Crippen LogP contribution >= 0.6 is 11.6 Å². The number of nitro groups is 1. The largest absolute Gasteiger partial charge is 0.369 e. The van der Waals surface area contributed by atoms with E-state index in [9.17, 15) is 10.1 Å². The Morgan fingerprint density at radius 2 is 2.29 bits per heavy atom. The molecular weight excluding hydrogens is 208 g/mol. The van der Waals surface area contributed by atoms with Crippen molar-refractivity contribution in [2.24, 2.45) is 0 Å². The molecule has 2 heterocycles. The lowest BCUT2D eigenvalue weighted by Crippen LogP contribution is -1.90. The van der Waals surface area contributed by atoms with Crippen molar-refractivity contribution in [2.45, 2.75) is 6.92 Å². The minimum atomic E-state index is -0.571. The van der Waals surface area contributed by atoms with Gasteiger partial charge in [0.05, 0.1) is 5.02 Å². The van der Waals surface area contributed by atoms with Gasteiger partial charge in [0.2, 0.25) is 0 Å². The molecule has 72 valence electrons. The number of nitrogens with zero attached hydrogens (tertiary/aromatic N) is 3. The molecule has 7 heteroatoms. The molecule has 0 aliphatic heterocycles. The molecule has 0 unspecified atom stereocenters. The van der Waals surface area contributed by atoms with Crippen LogP contribution in [0.2, 0.25) is 5.02 Å². The van der Waals surface area contributed by atoms with E-state index in [2.05, 4.69) is 15.2 Å². The van der Waals surface area contributed by atoms with Gasteiger partial charge in [0, 0.05) is 5.69 Å². The average molecular weight is 213 g/mol. The summed E-state index contributed by atoms with van der Waals surface area (Å²) in [5.74, 6) is -0.231. The molecule has 0 aliphatic carbocycles. The van der Waals surface area contributed by atoms with E-state index in [-0.39, 0.29) is 11.3 Å². The summed E-state index contributed by atoms with van der Waals surface area (Å²) in [4.78, 5) is 14.0. The second-order valence-corrected chi connectivity index (χ2v) is 3.18. The van der Waals surface area contributed by atoms with Crippen LogP contribution in [0.3, 0.4) is 0 Å². The van der Waals surface area contributed by atoms with E-state index in [0.717, 1.165) is 0 Å². The maximum atomic E-state index is 10.5. The molecule has 0 radical (unpaired) electrons. The Labute approximate surface area is 83.1 Å². The molecule has 0 bridgehead atoms. The van der Waals surface area contributed by atoms with E-state index >= 15 is 0 Å². The van der Waals surface area contributed by atoms with E-state index in [1.807, 2.05) is 0 Å². The lowest BCUT2D eigenvalue weighted by atomic mass is 10.3. The van der Waals surface area contributed by atoms with Crippen molar-refractivity contribution in [2.75, 3.05) is 0 Å². The van der Waals surface area contributed by atoms with Crippen molar-refractivity contribution in [3.63, 3.8) is 0 Å². The maximum Gasteiger partial charge on any atom is 0.369 e. The van der Waals surface area contributed by atoms with E-state index in [1.54, 1.807) is 13.0 Å². The fraction of sp³-hybridized carbons (Fsp3) is 0.143. The predicted molar refractivity (Wildman–Crippen MR) is 50.3 cm³/mol. The number of nitrogens with one attached hydrogen (secondary N) is 1. The smallest absolute Gasteiger partial charge is 0.358 e. The standard InChI is InChI=1S/C7H5ClN4O2/c1-3-2-4(8)5-6(9-3)7(11-10-5)12(13)14/h2H,1H3,(H,10,11). The highest BCUT2D eigenvalue weighted by Gasteiger charge is 2.18. The first kappa shape index (κ1) is 8.89. The molecule has 14 heavy (non-hydrogen) atoms. The average Bonchev–Trinajstić information content (AvgIpc) is 2.47. The predicted octanol–water partition coefficient (Wildman–Crippen LogP) is 1.83. The second-order valence-electron chi connectivity index (χ2n) is 2.77. The zero-order valence-electron chi connectivity index (χ0n) is 7.11. The molecule has 0 amide bonds. The number of halogens is 1. The SMILES string of the molecule is Cc1cc(Cl)c2n[nH]c([N+](=O)[O-])c2n1. The Morgan fingerprint density at radius 3 is 2.93 bits per heavy atom. The van der Waals surface area contributed by atoms with Crippen LogP contribution in [0.15, 0.2) is 6.07 Å². The van der Waals surface area contributed by atoms with Gasteiger partial charge >= 0.3 is 5.82 Å². The van der Waals surface area contributed by atoms with Crippen molar-refractivity contribution in [3.8, 4) is 0 Å². The molecular formula is C7H5ClN4O2. The quantitative estimate of drug-likeness (QED) is 0.577. The van der Waals surface area contributed by atoms with Gasteiger partial charge in [-0.1, -0.05) is 16.7 Å². The summed E-state index contributed by atoms with van der Waals surface area (Å²) < 4.78 is 0. The van der Waals surface area contributed by atoms with Crippen LogP contribution in [-0.2, 0) is 0 Å². The molecule has 0 saturated carbocycles. The van der Waals surface area contributed by atoms with E-state index in [4.69, 9.17) is 11.6 Å². The summed E-state index contributed by atoms with van der Waals surface area (Å²) >= 11 is 5.84. The highest BCUT2D eigenvalue weighted by atomic mass is 35.5. The van der Waals surface area contributed by atoms with Crippen LogP contribution in [0.5, 0.6) is 0 Å². The minimum Gasteiger partial charge on any atom is -0.358 e. The molecule has 2 aromatic heterocycles. The van der Waals surface area contributed by atoms with E-state index in [1.165, 1.54) is 0 Å². The lowest BCUT2D eigenvalue weighted by Gasteiger charge is -1.94. The van der Waals surface area contributed by atoms with Gasteiger partial charge in [-0.05, 0) is 17.9 Å². The third kappa shape index (κ3) is 1.20. The monoisotopic (exact) mass is 212 g/mol. The third-order valence-electron chi connectivity index (χ3n) is 1.75. The summed E-state index contributed by atoms with van der Waals surface area (Å²) in [6.45, 7) is 1.71. The maximum absolute atomic E-state index is 10.5. The van der Waals surface area contributed by atoms with Crippen LogP contribution in [0, 0.1) is 17.0 Å². The highest BCUT2D eigenvalue weighted by molar-refractivity contribution is 6.35. The summed E-state index contributed by atoms with van der Waals surface area (Å²) in [5.41, 5.74) is 1.14. The third-order valence-corrected chi connectivity index (χ3v) is 2.04. The number of rotatable bonds is 1. The first-order valence-electron chi connectivity index (χ1n) is 3.75. The van der Waals surface area contributed by atoms with E-state index < -0.39 is 4.92 Å². The number of fused-ring (bicyclic) bond motifs is 1. The Hall–Kier alpha value is -1.69. The molecule has 0 saturated heterocycles. The summed E-state index contributed by atoms with van der Waals surface area (Å²) in [6, 6.07) is 1.61. The molecule has 6 nitrogen and oxygen atoms in total. The molecule has 0 aliphatic rings. The number of aromatic amines is 1. The first-order chi connectivity index (χ1) is 6.59. The van der Waals surface area contributed by atoms with Crippen LogP contribution in [-0.4, -0.2) is 20.1 Å². The molecule has 0 fully saturated rings. The molecule has 1 N–H and O–H groups in total. The number of H-pyrrole nitrogens is 1. The minimum absolute atomic E-state index is 0.194. The number of aryl methyl sites for hydroxylation is 1. The normalized spacial score (nSPS) is 10.7. The Bertz CT molecular complexity index is 522. The van der Waals surface area contributed by atoms with Gasteiger partial charge in [-0.25, -0.2) is 4.98 Å². The second kappa shape index (κ2) is 2.91. The van der Waals surface area contributed by atoms with Crippen molar-refractivity contribution in [1.29, 1.82) is 0 Å². The van der Waals surface area contributed by atoms with Crippen molar-refractivity contribution in [3.05, 3.63) is 26.9 Å². The van der Waals surface area contributed by atoms with Crippen molar-refractivity contribution < 1.29 is 4.92 Å². The number of hydrogen-bond acceptors (Lipinski definition) is 4. The Kier molecular flexibility index (Phi) is 1.85. The number of hydrogen-bond donors (Lipinski definition) is 1. The summed E-state index contributed by atoms with van der Waals surface area (Å²) in [5, 5.41) is 16.9. The number of aromatic nitrogens is 3. The zero-order chi connectivity index (χ0) is 10.3. The zero-order valence-corrected chi connectivity index (χ0v) is 7.87. The van der Waals surface area contributed by atoms with Gasteiger partial charge in [-0.3, -0.25) is 0 Å². The fourth-order valence-corrected chi connectivity index (χ4v) is 1.48. The van der Waals surface area contributed by atoms with Gasteiger partial charge in [-0.2, -0.15) is 0 Å². The highest BCUT2D eigenvalue weighted by Crippen LogP contribution is 2.26. The van der Waals surface area contributed by atoms with Crippen LogP contribution in [0.4, 0.5) is 5.82 Å². The van der Waals surface area contributed by atoms with Crippen molar-refractivity contribution in [1.82, 2.24) is 15.2 Å². The Morgan fingerprint density at radius 1 is 1.57 bits per heavy atom. The van der Waals surface area contributed by atoms with Gasteiger partial charge in [0.1, 0.15) is 0 Å². The molecule has 0 spiro atoms. The number of pyridine rings is 1. The van der Waals surface area contributed by atoms with Crippen molar-refractivity contribution >= 4 is 28.5 Å². The van der Waals surface area contributed by atoms with Gasteiger partial charge in [0.25, 0.3) is 0 Å². The molecule has 2 aromatic rings. The lowest BCUT2D eigenvalue weighted by molar-refractivity contribution is -0.388.